The van der Waals surface area contributed by atoms with E-state index in [0.29, 0.717) is 13.2 Å². The van der Waals surface area contributed by atoms with E-state index in [4.69, 9.17) is 4.74 Å². The van der Waals surface area contributed by atoms with Gasteiger partial charge in [0.2, 0.25) is 0 Å². The first-order valence-corrected chi connectivity index (χ1v) is 10.8. The van der Waals surface area contributed by atoms with Crippen molar-refractivity contribution in [2.75, 3.05) is 44.2 Å². The summed E-state index contributed by atoms with van der Waals surface area (Å²) in [5, 5.41) is 4.64. The van der Waals surface area contributed by atoms with Gasteiger partial charge >= 0.3 is 0 Å². The lowest BCUT2D eigenvalue weighted by Gasteiger charge is -2.36. The normalized spacial score (nSPS) is 19.7. The number of fused-ring (bicyclic) bond motifs is 2. The van der Waals surface area contributed by atoms with Crippen LogP contribution in [0.2, 0.25) is 0 Å². The lowest BCUT2D eigenvalue weighted by molar-refractivity contribution is 0.109. The number of nitrogens with zero attached hydrogens (tertiary/aromatic N) is 6. The highest BCUT2D eigenvalue weighted by atomic mass is 16.5. The lowest BCUT2D eigenvalue weighted by atomic mass is 9.97. The van der Waals surface area contributed by atoms with Crippen molar-refractivity contribution in [2.45, 2.75) is 45.3 Å². The fourth-order valence-corrected chi connectivity index (χ4v) is 4.60. The quantitative estimate of drug-likeness (QED) is 0.757. The lowest BCUT2D eigenvalue weighted by Crippen LogP contribution is -2.48. The van der Waals surface area contributed by atoms with Gasteiger partial charge in [-0.1, -0.05) is 0 Å². The molecule has 3 aliphatic rings. The van der Waals surface area contributed by atoms with Gasteiger partial charge in [-0.05, 0) is 31.2 Å². The van der Waals surface area contributed by atoms with Gasteiger partial charge in [-0.2, -0.15) is 5.10 Å². The predicted molar refractivity (Wildman–Crippen MR) is 109 cm³/mol. The zero-order chi connectivity index (χ0) is 19.6. The van der Waals surface area contributed by atoms with Gasteiger partial charge < -0.3 is 9.64 Å². The van der Waals surface area contributed by atoms with E-state index in [2.05, 4.69) is 24.9 Å². The molecule has 1 fully saturated rings. The molecule has 0 unspecified atom stereocenters. The van der Waals surface area contributed by atoms with Crippen LogP contribution in [-0.2, 0) is 37.2 Å². The number of aromatic nitrogens is 4. The van der Waals surface area contributed by atoms with Crippen LogP contribution in [-0.4, -0.2) is 64.0 Å². The second-order valence-corrected chi connectivity index (χ2v) is 8.14. The number of piperazine rings is 1. The summed E-state index contributed by atoms with van der Waals surface area (Å²) >= 11 is 0. The summed E-state index contributed by atoms with van der Waals surface area (Å²) < 4.78 is 7.29. The van der Waals surface area contributed by atoms with E-state index in [1.54, 1.807) is 17.1 Å². The Bertz CT molecular complexity index is 935. The van der Waals surface area contributed by atoms with Crippen LogP contribution >= 0.6 is 0 Å². The van der Waals surface area contributed by atoms with E-state index < -0.39 is 0 Å². The van der Waals surface area contributed by atoms with Gasteiger partial charge in [-0.15, -0.1) is 0 Å². The highest BCUT2D eigenvalue weighted by Crippen LogP contribution is 2.25. The Kier molecular flexibility index (Phi) is 5.28. The first-order chi connectivity index (χ1) is 14.3. The Hall–Kier alpha value is -2.32. The van der Waals surface area contributed by atoms with E-state index in [9.17, 15) is 4.79 Å². The van der Waals surface area contributed by atoms with Gasteiger partial charge in [-0.25, -0.2) is 14.6 Å². The van der Waals surface area contributed by atoms with E-state index in [1.807, 2.05) is 0 Å². The molecule has 0 atom stereocenters. The topological polar surface area (TPSA) is 76.4 Å². The maximum Gasteiger partial charge on any atom is 0.267 e. The fraction of sp³-hybridized carbons (Fsp3) is 0.619. The largest absolute Gasteiger partial charge is 0.376 e. The van der Waals surface area contributed by atoms with Crippen LogP contribution in [0.15, 0.2) is 17.2 Å². The van der Waals surface area contributed by atoms with Crippen LogP contribution < -0.4 is 10.5 Å². The van der Waals surface area contributed by atoms with Gasteiger partial charge in [0.1, 0.15) is 12.1 Å². The van der Waals surface area contributed by atoms with Crippen molar-refractivity contribution >= 4 is 5.82 Å². The molecule has 5 rings (SSSR count). The smallest absolute Gasteiger partial charge is 0.267 e. The summed E-state index contributed by atoms with van der Waals surface area (Å²) in [4.78, 5) is 26.1. The van der Waals surface area contributed by atoms with Crippen LogP contribution in [0.5, 0.6) is 0 Å². The molecule has 2 aliphatic heterocycles. The molecule has 4 heterocycles. The monoisotopic (exact) mass is 396 g/mol. The summed E-state index contributed by atoms with van der Waals surface area (Å²) in [7, 11) is 0. The minimum Gasteiger partial charge on any atom is -0.376 e. The highest BCUT2D eigenvalue weighted by Gasteiger charge is 2.24. The van der Waals surface area contributed by atoms with Crippen molar-refractivity contribution in [3.63, 3.8) is 0 Å². The number of aryl methyl sites for hydroxylation is 2. The minimum atomic E-state index is 0.0388. The third-order valence-corrected chi connectivity index (χ3v) is 6.32. The first kappa shape index (κ1) is 18.7. The van der Waals surface area contributed by atoms with E-state index in [0.717, 1.165) is 86.9 Å². The van der Waals surface area contributed by atoms with Crippen LogP contribution in [0.4, 0.5) is 5.82 Å². The van der Waals surface area contributed by atoms with E-state index in [-0.39, 0.29) is 5.56 Å². The SMILES string of the molecule is O=c1cc2c(nn1CCN1CCN(c3ncnc4c3COCC4)CC1)CCCC2. The molecule has 1 saturated heterocycles. The molecule has 8 heteroatoms. The van der Waals surface area contributed by atoms with Crippen molar-refractivity contribution in [2.24, 2.45) is 0 Å². The summed E-state index contributed by atoms with van der Waals surface area (Å²) in [6.07, 6.45) is 6.90. The van der Waals surface area contributed by atoms with Crippen LogP contribution in [0, 0.1) is 0 Å². The third-order valence-electron chi connectivity index (χ3n) is 6.32. The molecule has 0 amide bonds. The zero-order valence-corrected chi connectivity index (χ0v) is 16.8. The molecule has 8 nitrogen and oxygen atoms in total. The van der Waals surface area contributed by atoms with Crippen molar-refractivity contribution in [1.82, 2.24) is 24.6 Å². The Morgan fingerprint density at radius 3 is 2.72 bits per heavy atom. The second kappa shape index (κ2) is 8.20. The Labute approximate surface area is 170 Å². The molecule has 0 N–H and O–H groups in total. The molecule has 2 aromatic heterocycles. The molecule has 1 aliphatic carbocycles. The number of anilines is 1. The van der Waals surface area contributed by atoms with Gasteiger partial charge in [0, 0.05) is 50.8 Å². The van der Waals surface area contributed by atoms with Crippen molar-refractivity contribution in [3.8, 4) is 0 Å². The summed E-state index contributed by atoms with van der Waals surface area (Å²) in [5.41, 5.74) is 4.59. The predicted octanol–water partition coefficient (Wildman–Crippen LogP) is 0.807. The van der Waals surface area contributed by atoms with E-state index in [1.165, 1.54) is 12.8 Å². The standard InChI is InChI=1S/C21H28N6O2/c28-20-13-16-3-1-2-4-18(16)24-27(20)11-8-25-6-9-26(10-7-25)21-17-14-29-12-5-19(17)22-15-23-21/h13,15H,1-12,14H2. The minimum absolute atomic E-state index is 0.0388. The molecule has 0 radical (unpaired) electrons. The number of hydrogen-bond acceptors (Lipinski definition) is 7. The molecule has 2 aromatic rings. The molecular weight excluding hydrogens is 368 g/mol. The molecule has 0 spiro atoms. The zero-order valence-electron chi connectivity index (χ0n) is 16.8. The summed E-state index contributed by atoms with van der Waals surface area (Å²) in [5.74, 6) is 1.03. The van der Waals surface area contributed by atoms with Crippen LogP contribution in [0.3, 0.4) is 0 Å². The first-order valence-electron chi connectivity index (χ1n) is 10.8. The number of rotatable bonds is 4. The summed E-state index contributed by atoms with van der Waals surface area (Å²) in [6.45, 7) is 6.63. The summed E-state index contributed by atoms with van der Waals surface area (Å²) in [6, 6.07) is 1.81. The van der Waals surface area contributed by atoms with E-state index >= 15 is 0 Å². The average molecular weight is 396 g/mol. The van der Waals surface area contributed by atoms with Gasteiger partial charge in [0.05, 0.1) is 31.1 Å². The van der Waals surface area contributed by atoms with Crippen molar-refractivity contribution < 1.29 is 4.74 Å². The maximum absolute atomic E-state index is 12.4. The van der Waals surface area contributed by atoms with Gasteiger partial charge in [0.15, 0.2) is 0 Å². The fourth-order valence-electron chi connectivity index (χ4n) is 4.60. The Balaban J connectivity index is 1.20. The maximum atomic E-state index is 12.4. The molecule has 154 valence electrons. The van der Waals surface area contributed by atoms with Gasteiger partial charge in [-0.3, -0.25) is 9.69 Å². The molecular formula is C21H28N6O2. The molecule has 0 aromatic carbocycles. The Morgan fingerprint density at radius 2 is 1.83 bits per heavy atom. The second-order valence-electron chi connectivity index (χ2n) is 8.14. The van der Waals surface area contributed by atoms with Gasteiger partial charge in [0.25, 0.3) is 5.56 Å². The number of ether oxygens (including phenoxy) is 1. The van der Waals surface area contributed by atoms with Crippen LogP contribution in [0.25, 0.3) is 0 Å². The van der Waals surface area contributed by atoms with Crippen LogP contribution in [0.1, 0.15) is 35.4 Å². The molecule has 0 saturated carbocycles. The van der Waals surface area contributed by atoms with Crippen molar-refractivity contribution in [3.05, 3.63) is 45.3 Å². The molecule has 29 heavy (non-hydrogen) atoms. The Morgan fingerprint density at radius 1 is 0.966 bits per heavy atom. The van der Waals surface area contributed by atoms with Crippen molar-refractivity contribution in [1.29, 1.82) is 0 Å². The number of hydrogen-bond donors (Lipinski definition) is 0. The molecule has 0 bridgehead atoms. The third kappa shape index (κ3) is 3.91. The highest BCUT2D eigenvalue weighted by molar-refractivity contribution is 5.49. The average Bonchev–Trinajstić information content (AvgIpc) is 2.78.